The first-order valence-corrected chi connectivity index (χ1v) is 13.7. The van der Waals surface area contributed by atoms with Crippen molar-refractivity contribution in [1.29, 1.82) is 0 Å². The van der Waals surface area contributed by atoms with E-state index in [0.717, 1.165) is 53.9 Å². The third kappa shape index (κ3) is 4.03. The topological polar surface area (TPSA) is 87.6 Å². The lowest BCUT2D eigenvalue weighted by Crippen LogP contribution is -2.42. The molecule has 3 aromatic heterocycles. The van der Waals surface area contributed by atoms with Gasteiger partial charge in [0.25, 0.3) is 0 Å². The van der Waals surface area contributed by atoms with E-state index in [9.17, 15) is 4.79 Å². The van der Waals surface area contributed by atoms with E-state index in [1.165, 1.54) is 34.9 Å². The number of H-pyrrole nitrogens is 1. The predicted octanol–water partition coefficient (Wildman–Crippen LogP) is 4.49. The van der Waals surface area contributed by atoms with Gasteiger partial charge < -0.3 is 19.9 Å². The van der Waals surface area contributed by atoms with Gasteiger partial charge in [-0.3, -0.25) is 4.79 Å². The van der Waals surface area contributed by atoms with Gasteiger partial charge in [-0.15, -0.1) is 0 Å². The number of fused-ring (bicyclic) bond motifs is 4. The maximum absolute atomic E-state index is 12.6. The van der Waals surface area contributed by atoms with Crippen LogP contribution in [0.3, 0.4) is 0 Å². The molecule has 1 amide bonds. The van der Waals surface area contributed by atoms with Gasteiger partial charge in [0.1, 0.15) is 6.33 Å². The van der Waals surface area contributed by atoms with Gasteiger partial charge in [-0.25, -0.2) is 9.50 Å². The maximum atomic E-state index is 12.6. The molecule has 8 nitrogen and oxygen atoms in total. The highest BCUT2D eigenvalue weighted by atomic mass is 16.5. The largest absolute Gasteiger partial charge is 0.372 e. The molecule has 0 unspecified atom stereocenters. The van der Waals surface area contributed by atoms with Crippen molar-refractivity contribution in [2.45, 2.75) is 70.6 Å². The number of rotatable bonds is 6. The zero-order valence-corrected chi connectivity index (χ0v) is 21.6. The number of aromatic nitrogens is 4. The Bertz CT molecular complexity index is 1490. The molecule has 1 saturated carbocycles. The number of carbonyl (C=O) groups is 1. The molecule has 3 aliphatic rings. The van der Waals surface area contributed by atoms with Gasteiger partial charge in [0, 0.05) is 47.4 Å². The molecule has 4 aromatic rings. The number of piperidine rings is 1. The van der Waals surface area contributed by atoms with Crippen LogP contribution >= 0.6 is 0 Å². The summed E-state index contributed by atoms with van der Waals surface area (Å²) in [7, 11) is 0. The molecule has 7 rings (SSSR count). The molecular formula is C29H34N6O2. The summed E-state index contributed by atoms with van der Waals surface area (Å²) in [6, 6.07) is 7.48. The molecule has 1 aliphatic carbocycles. The minimum absolute atomic E-state index is 0.249. The summed E-state index contributed by atoms with van der Waals surface area (Å²) >= 11 is 0. The van der Waals surface area contributed by atoms with E-state index in [4.69, 9.17) is 4.74 Å². The second kappa shape index (κ2) is 8.96. The zero-order valence-electron chi connectivity index (χ0n) is 21.6. The molecule has 2 aliphatic heterocycles. The highest BCUT2D eigenvalue weighted by molar-refractivity contribution is 5.93. The molecule has 2 fully saturated rings. The van der Waals surface area contributed by atoms with Crippen LogP contribution in [0.2, 0.25) is 0 Å². The Morgan fingerprint density at radius 2 is 1.97 bits per heavy atom. The molecule has 0 atom stereocenters. The Kier molecular flexibility index (Phi) is 5.55. The summed E-state index contributed by atoms with van der Waals surface area (Å²) in [6.07, 6.45) is 8.16. The molecule has 2 N–H and O–H groups in total. The normalized spacial score (nSPS) is 18.4. The summed E-state index contributed by atoms with van der Waals surface area (Å²) < 4.78 is 7.73. The van der Waals surface area contributed by atoms with E-state index in [1.54, 1.807) is 6.33 Å². The van der Waals surface area contributed by atoms with E-state index in [1.807, 2.05) is 9.42 Å². The number of benzene rings is 1. The molecule has 1 saturated heterocycles. The van der Waals surface area contributed by atoms with Gasteiger partial charge in [-0.1, -0.05) is 19.9 Å². The predicted molar refractivity (Wildman–Crippen MR) is 142 cm³/mol. The summed E-state index contributed by atoms with van der Waals surface area (Å²) in [5.41, 5.74) is 9.41. The molecule has 0 radical (unpaired) electrons. The lowest BCUT2D eigenvalue weighted by atomic mass is 9.87. The van der Waals surface area contributed by atoms with Crippen molar-refractivity contribution in [2.75, 3.05) is 19.6 Å². The third-order valence-electron chi connectivity index (χ3n) is 8.42. The molecule has 1 aromatic carbocycles. The monoisotopic (exact) mass is 498 g/mol. The molecule has 192 valence electrons. The molecule has 0 spiro atoms. The summed E-state index contributed by atoms with van der Waals surface area (Å²) in [6.45, 7) is 7.87. The fourth-order valence-corrected chi connectivity index (χ4v) is 6.24. The minimum Gasteiger partial charge on any atom is -0.372 e. The van der Waals surface area contributed by atoms with Crippen LogP contribution in [0.15, 0.2) is 30.7 Å². The first-order valence-electron chi connectivity index (χ1n) is 13.7. The van der Waals surface area contributed by atoms with Gasteiger partial charge >= 0.3 is 0 Å². The van der Waals surface area contributed by atoms with Crippen LogP contribution in [0.5, 0.6) is 0 Å². The van der Waals surface area contributed by atoms with E-state index in [2.05, 4.69) is 58.6 Å². The first kappa shape index (κ1) is 22.9. The Balaban J connectivity index is 1.20. The third-order valence-corrected chi connectivity index (χ3v) is 8.42. The van der Waals surface area contributed by atoms with E-state index in [-0.39, 0.29) is 5.91 Å². The second-order valence-electron chi connectivity index (χ2n) is 11.2. The van der Waals surface area contributed by atoms with E-state index >= 15 is 0 Å². The van der Waals surface area contributed by atoms with Crippen molar-refractivity contribution in [3.8, 4) is 11.3 Å². The number of ether oxygens (including phenoxy) is 1. The smallest absolute Gasteiger partial charge is 0.236 e. The van der Waals surface area contributed by atoms with Gasteiger partial charge in [0.2, 0.25) is 5.91 Å². The van der Waals surface area contributed by atoms with Crippen molar-refractivity contribution in [2.24, 2.45) is 0 Å². The maximum Gasteiger partial charge on any atom is 0.236 e. The lowest BCUT2D eigenvalue weighted by Gasteiger charge is -2.32. The highest BCUT2D eigenvalue weighted by Crippen LogP contribution is 2.41. The summed E-state index contributed by atoms with van der Waals surface area (Å²) in [5.74, 6) is 1.08. The standard InChI is InChI=1S/C29H34N6O2/c1-17(2)27-21-11-19(18-7-9-34(10-8-18)26(36)12-30-20-4-5-20)3-6-25(21)33-28(27)22-13-35-29(31-16-32-35)24-15-37-14-23(22)24/h3,6,11,13,16-18,20,30,33H,4-5,7-10,12,14-15H2,1-2H3. The van der Waals surface area contributed by atoms with Gasteiger partial charge in [0.05, 0.1) is 25.5 Å². The van der Waals surface area contributed by atoms with Gasteiger partial charge in [-0.05, 0) is 66.3 Å². The van der Waals surface area contributed by atoms with Crippen molar-refractivity contribution < 1.29 is 9.53 Å². The number of amides is 1. The number of aromatic amines is 1. The number of likely N-dealkylation sites (tertiary alicyclic amines) is 1. The van der Waals surface area contributed by atoms with Crippen LogP contribution < -0.4 is 5.32 Å². The summed E-state index contributed by atoms with van der Waals surface area (Å²) in [4.78, 5) is 22.8. The Morgan fingerprint density at radius 3 is 2.76 bits per heavy atom. The van der Waals surface area contributed by atoms with Crippen molar-refractivity contribution in [1.82, 2.24) is 29.8 Å². The number of hydrogen-bond donors (Lipinski definition) is 2. The molecular weight excluding hydrogens is 464 g/mol. The Morgan fingerprint density at radius 1 is 1.16 bits per heavy atom. The van der Waals surface area contributed by atoms with Crippen LogP contribution in [0.4, 0.5) is 0 Å². The van der Waals surface area contributed by atoms with Gasteiger partial charge in [0.15, 0.2) is 5.65 Å². The van der Waals surface area contributed by atoms with Crippen LogP contribution in [0, 0.1) is 0 Å². The number of nitrogens with one attached hydrogen (secondary N) is 2. The Hall–Kier alpha value is -3.23. The first-order chi connectivity index (χ1) is 18.1. The molecule has 37 heavy (non-hydrogen) atoms. The quantitative estimate of drug-likeness (QED) is 0.409. The van der Waals surface area contributed by atoms with Crippen LogP contribution in [-0.2, 0) is 22.7 Å². The SMILES string of the molecule is CC(C)c1c(-c2cn3ncnc3c3c2COC3)[nH]c2ccc(C3CCN(C(=O)CNC4CC4)CC3)cc12. The highest BCUT2D eigenvalue weighted by Gasteiger charge is 2.28. The fraction of sp³-hybridized carbons (Fsp3) is 0.483. The van der Waals surface area contributed by atoms with Crippen molar-refractivity contribution in [3.63, 3.8) is 0 Å². The second-order valence-corrected chi connectivity index (χ2v) is 11.2. The van der Waals surface area contributed by atoms with Crippen molar-refractivity contribution >= 4 is 22.5 Å². The van der Waals surface area contributed by atoms with E-state index < -0.39 is 0 Å². The number of nitrogens with zero attached hydrogens (tertiary/aromatic N) is 4. The average molecular weight is 499 g/mol. The number of hydrogen-bond acceptors (Lipinski definition) is 5. The van der Waals surface area contributed by atoms with Crippen LogP contribution in [0.1, 0.15) is 73.6 Å². The molecule has 8 heteroatoms. The zero-order chi connectivity index (χ0) is 25.1. The minimum atomic E-state index is 0.249. The van der Waals surface area contributed by atoms with Crippen molar-refractivity contribution in [3.05, 3.63) is 53.0 Å². The molecule has 5 heterocycles. The lowest BCUT2D eigenvalue weighted by molar-refractivity contribution is -0.131. The Labute approximate surface area is 216 Å². The average Bonchev–Trinajstić information content (AvgIpc) is 3.28. The fourth-order valence-electron chi connectivity index (χ4n) is 6.24. The van der Waals surface area contributed by atoms with E-state index in [0.29, 0.717) is 37.6 Å². The number of pyridine rings is 1. The number of carbonyl (C=O) groups excluding carboxylic acids is 1. The van der Waals surface area contributed by atoms with Crippen LogP contribution in [-0.4, -0.2) is 56.1 Å². The van der Waals surface area contributed by atoms with Crippen LogP contribution in [0.25, 0.3) is 27.8 Å². The van der Waals surface area contributed by atoms with Gasteiger partial charge in [-0.2, -0.15) is 5.10 Å². The molecule has 0 bridgehead atoms. The summed E-state index contributed by atoms with van der Waals surface area (Å²) in [5, 5.41) is 9.09.